The Morgan fingerprint density at radius 3 is 2.68 bits per heavy atom. The van der Waals surface area contributed by atoms with Crippen LogP contribution in [-0.2, 0) is 6.54 Å². The zero-order chi connectivity index (χ0) is 14.0. The van der Waals surface area contributed by atoms with E-state index in [0.29, 0.717) is 17.8 Å². The minimum atomic E-state index is -0.0326. The number of aromatic nitrogens is 1. The number of ketones is 1. The monoisotopic (exact) mass is 259 g/mol. The fourth-order valence-corrected chi connectivity index (χ4v) is 1.94. The van der Waals surface area contributed by atoms with E-state index in [1.807, 2.05) is 19.9 Å². The first-order valence-corrected chi connectivity index (χ1v) is 6.05. The average molecular weight is 259 g/mol. The molecular formula is C14H17N3O2. The van der Waals surface area contributed by atoms with E-state index >= 15 is 0 Å². The van der Waals surface area contributed by atoms with Crippen LogP contribution in [0.25, 0.3) is 0 Å². The Kier molecular flexibility index (Phi) is 3.55. The van der Waals surface area contributed by atoms with E-state index in [9.17, 15) is 4.79 Å². The van der Waals surface area contributed by atoms with Crippen molar-refractivity contribution in [3.8, 4) is 0 Å². The normalized spacial score (nSPS) is 10.5. The number of Topliss-reactive ketones (excluding diaryl/α,β-unsaturated/α-hetero) is 1. The summed E-state index contributed by atoms with van der Waals surface area (Å²) in [5.41, 5.74) is 9.64. The molecule has 0 amide bonds. The summed E-state index contributed by atoms with van der Waals surface area (Å²) in [6.07, 6.45) is 0. The van der Waals surface area contributed by atoms with Gasteiger partial charge < -0.3 is 15.6 Å². The van der Waals surface area contributed by atoms with Crippen LogP contribution < -0.4 is 11.1 Å². The third-order valence-electron chi connectivity index (χ3n) is 3.08. The lowest BCUT2D eigenvalue weighted by molar-refractivity contribution is 0.101. The molecule has 0 unspecified atom stereocenters. The van der Waals surface area contributed by atoms with Gasteiger partial charge in [0, 0.05) is 29.0 Å². The number of aryl methyl sites for hydroxylation is 2. The Morgan fingerprint density at radius 2 is 2.16 bits per heavy atom. The highest BCUT2D eigenvalue weighted by molar-refractivity contribution is 5.99. The molecule has 0 saturated carbocycles. The molecule has 0 aliphatic carbocycles. The minimum absolute atomic E-state index is 0.0326. The lowest BCUT2D eigenvalue weighted by Crippen LogP contribution is -2.04. The minimum Gasteiger partial charge on any atom is -0.398 e. The maximum Gasteiger partial charge on any atom is 0.161 e. The van der Waals surface area contributed by atoms with Gasteiger partial charge in [-0.25, -0.2) is 0 Å². The number of anilines is 2. The predicted octanol–water partition coefficient (Wildman–Crippen LogP) is 2.69. The molecule has 5 heteroatoms. The molecule has 0 fully saturated rings. The molecule has 1 aromatic carbocycles. The van der Waals surface area contributed by atoms with Gasteiger partial charge in [0.05, 0.1) is 5.69 Å². The summed E-state index contributed by atoms with van der Waals surface area (Å²) in [4.78, 5) is 11.3. The summed E-state index contributed by atoms with van der Waals surface area (Å²) in [5, 5.41) is 7.14. The number of carbonyl (C=O) groups is 1. The van der Waals surface area contributed by atoms with Gasteiger partial charge in [-0.1, -0.05) is 5.16 Å². The van der Waals surface area contributed by atoms with Gasteiger partial charge in [0.15, 0.2) is 5.78 Å². The van der Waals surface area contributed by atoms with Crippen molar-refractivity contribution in [3.05, 3.63) is 40.8 Å². The number of nitrogens with zero attached hydrogens (tertiary/aromatic N) is 1. The number of nitrogens with two attached hydrogens (primary N) is 1. The number of carbonyl (C=O) groups excluding carboxylic acids is 1. The van der Waals surface area contributed by atoms with Crippen LogP contribution in [0.4, 0.5) is 11.4 Å². The highest BCUT2D eigenvalue weighted by Gasteiger charge is 2.09. The summed E-state index contributed by atoms with van der Waals surface area (Å²) < 4.78 is 5.10. The van der Waals surface area contributed by atoms with Gasteiger partial charge in [-0.05, 0) is 39.0 Å². The van der Waals surface area contributed by atoms with Crippen molar-refractivity contribution in [2.45, 2.75) is 27.3 Å². The summed E-state index contributed by atoms with van der Waals surface area (Å²) in [5.74, 6) is 0.771. The van der Waals surface area contributed by atoms with Crippen molar-refractivity contribution >= 4 is 17.2 Å². The highest BCUT2D eigenvalue weighted by Crippen LogP contribution is 2.20. The van der Waals surface area contributed by atoms with E-state index < -0.39 is 0 Å². The van der Waals surface area contributed by atoms with Crippen molar-refractivity contribution in [2.24, 2.45) is 0 Å². The van der Waals surface area contributed by atoms with Crippen molar-refractivity contribution < 1.29 is 9.32 Å². The standard InChI is InChI=1S/C14H17N3O2/c1-8-13(10(3)19-17-8)7-16-11-4-5-12(9(2)18)14(15)6-11/h4-6,16H,7,15H2,1-3H3. The second-order valence-electron chi connectivity index (χ2n) is 4.51. The van der Waals surface area contributed by atoms with Crippen LogP contribution in [0.3, 0.4) is 0 Å². The third-order valence-corrected chi connectivity index (χ3v) is 3.08. The van der Waals surface area contributed by atoms with E-state index in [2.05, 4.69) is 10.5 Å². The number of nitrogens with one attached hydrogen (secondary N) is 1. The molecule has 1 heterocycles. The van der Waals surface area contributed by atoms with Gasteiger partial charge in [-0.2, -0.15) is 0 Å². The van der Waals surface area contributed by atoms with Crippen molar-refractivity contribution in [1.29, 1.82) is 0 Å². The molecule has 0 atom stereocenters. The Balaban J connectivity index is 2.13. The van der Waals surface area contributed by atoms with Crippen LogP contribution in [0.15, 0.2) is 22.7 Å². The van der Waals surface area contributed by atoms with E-state index in [-0.39, 0.29) is 5.78 Å². The number of hydrogen-bond acceptors (Lipinski definition) is 5. The third kappa shape index (κ3) is 2.76. The first-order valence-electron chi connectivity index (χ1n) is 6.05. The van der Waals surface area contributed by atoms with Crippen LogP contribution in [0.1, 0.15) is 34.3 Å². The largest absolute Gasteiger partial charge is 0.398 e. The second kappa shape index (κ2) is 5.14. The molecule has 0 saturated heterocycles. The van der Waals surface area contributed by atoms with Crippen LogP contribution in [0, 0.1) is 13.8 Å². The zero-order valence-corrected chi connectivity index (χ0v) is 11.3. The van der Waals surface area contributed by atoms with E-state index in [1.165, 1.54) is 6.92 Å². The molecule has 0 bridgehead atoms. The van der Waals surface area contributed by atoms with Gasteiger partial charge in [-0.15, -0.1) is 0 Å². The first-order chi connectivity index (χ1) is 8.99. The fourth-order valence-electron chi connectivity index (χ4n) is 1.94. The van der Waals surface area contributed by atoms with Gasteiger partial charge in [0.25, 0.3) is 0 Å². The smallest absolute Gasteiger partial charge is 0.161 e. The Labute approximate surface area is 111 Å². The molecule has 0 aliphatic rings. The maximum absolute atomic E-state index is 11.3. The summed E-state index contributed by atoms with van der Waals surface area (Å²) in [6, 6.07) is 5.33. The van der Waals surface area contributed by atoms with E-state index in [1.54, 1.807) is 12.1 Å². The van der Waals surface area contributed by atoms with Gasteiger partial charge in [0.1, 0.15) is 5.76 Å². The molecule has 1 aromatic heterocycles. The van der Waals surface area contributed by atoms with Crippen LogP contribution >= 0.6 is 0 Å². The summed E-state index contributed by atoms with van der Waals surface area (Å²) in [6.45, 7) is 5.90. The maximum atomic E-state index is 11.3. The lowest BCUT2D eigenvalue weighted by Gasteiger charge is -2.09. The average Bonchev–Trinajstić information content (AvgIpc) is 2.66. The Bertz CT molecular complexity index is 598. The number of nitrogen functional groups attached to an aromatic ring is 1. The topological polar surface area (TPSA) is 81.2 Å². The van der Waals surface area contributed by atoms with Crippen molar-refractivity contribution in [3.63, 3.8) is 0 Å². The van der Waals surface area contributed by atoms with Crippen LogP contribution in [-0.4, -0.2) is 10.9 Å². The Morgan fingerprint density at radius 1 is 1.42 bits per heavy atom. The highest BCUT2D eigenvalue weighted by atomic mass is 16.5. The van der Waals surface area contributed by atoms with Crippen LogP contribution in [0.5, 0.6) is 0 Å². The van der Waals surface area contributed by atoms with Gasteiger partial charge in [-0.3, -0.25) is 4.79 Å². The first kappa shape index (κ1) is 13.1. The molecule has 19 heavy (non-hydrogen) atoms. The van der Waals surface area contributed by atoms with Crippen LogP contribution in [0.2, 0.25) is 0 Å². The number of hydrogen-bond donors (Lipinski definition) is 2. The van der Waals surface area contributed by atoms with E-state index in [4.69, 9.17) is 10.3 Å². The molecule has 2 aromatic rings. The van der Waals surface area contributed by atoms with E-state index in [0.717, 1.165) is 22.7 Å². The zero-order valence-electron chi connectivity index (χ0n) is 11.3. The number of rotatable bonds is 4. The lowest BCUT2D eigenvalue weighted by atomic mass is 10.1. The quantitative estimate of drug-likeness (QED) is 0.651. The van der Waals surface area contributed by atoms with Crippen molar-refractivity contribution in [2.75, 3.05) is 11.1 Å². The molecule has 5 nitrogen and oxygen atoms in total. The predicted molar refractivity (Wildman–Crippen MR) is 74.2 cm³/mol. The molecule has 0 radical (unpaired) electrons. The fraction of sp³-hybridized carbons (Fsp3) is 0.286. The number of benzene rings is 1. The molecule has 100 valence electrons. The van der Waals surface area contributed by atoms with Crippen molar-refractivity contribution in [1.82, 2.24) is 5.16 Å². The second-order valence-corrected chi connectivity index (χ2v) is 4.51. The van der Waals surface area contributed by atoms with Gasteiger partial charge >= 0.3 is 0 Å². The molecule has 3 N–H and O–H groups in total. The Hall–Kier alpha value is -2.30. The SMILES string of the molecule is CC(=O)c1ccc(NCc2c(C)noc2C)cc1N. The summed E-state index contributed by atoms with van der Waals surface area (Å²) >= 11 is 0. The van der Waals surface area contributed by atoms with Gasteiger partial charge in [0.2, 0.25) is 0 Å². The molecular weight excluding hydrogens is 242 g/mol. The molecule has 0 aliphatic heterocycles. The molecule has 0 spiro atoms. The summed E-state index contributed by atoms with van der Waals surface area (Å²) in [7, 11) is 0. The molecule has 2 rings (SSSR count).